The standard InChI is InChI=1S/C25H30N4O/c1-3-24-26-17(2)21(27-24)16-28-14-19-13-20(15-28)23(12-18-8-5-4-6-9-18)29-22(19)10-7-11-25(29)30/h4-11,19-20,23H,3,12-16H2,1-2H3,(H,26,27)/t19-,20+,23+/m1/s1. The van der Waals surface area contributed by atoms with Gasteiger partial charge in [-0.05, 0) is 37.3 Å². The molecule has 156 valence electrons. The zero-order chi connectivity index (χ0) is 20.7. The lowest BCUT2D eigenvalue weighted by Gasteiger charge is -2.47. The lowest BCUT2D eigenvalue weighted by atomic mass is 9.76. The number of imidazole rings is 1. The molecule has 1 aromatic carbocycles. The second-order valence-electron chi connectivity index (χ2n) is 8.91. The van der Waals surface area contributed by atoms with Crippen molar-refractivity contribution in [2.75, 3.05) is 13.1 Å². The Hall–Kier alpha value is -2.66. The highest BCUT2D eigenvalue weighted by atomic mass is 16.1. The first-order chi connectivity index (χ1) is 14.6. The molecule has 4 heterocycles. The van der Waals surface area contributed by atoms with Gasteiger partial charge in [-0.3, -0.25) is 9.69 Å². The molecule has 0 radical (unpaired) electrons. The molecule has 1 saturated heterocycles. The third-order valence-electron chi connectivity index (χ3n) is 6.90. The molecular weight excluding hydrogens is 372 g/mol. The molecule has 30 heavy (non-hydrogen) atoms. The summed E-state index contributed by atoms with van der Waals surface area (Å²) in [7, 11) is 0. The number of rotatable bonds is 5. The molecule has 0 saturated carbocycles. The Kier molecular flexibility index (Phi) is 5.07. The quantitative estimate of drug-likeness (QED) is 0.705. The van der Waals surface area contributed by atoms with Gasteiger partial charge in [0.2, 0.25) is 0 Å². The number of nitrogens with zero attached hydrogens (tertiary/aromatic N) is 3. The topological polar surface area (TPSA) is 53.9 Å². The maximum atomic E-state index is 12.9. The fourth-order valence-corrected chi connectivity index (χ4v) is 5.48. The average molecular weight is 403 g/mol. The largest absolute Gasteiger partial charge is 0.346 e. The van der Waals surface area contributed by atoms with Crippen LogP contribution in [-0.2, 0) is 19.4 Å². The molecule has 5 heteroatoms. The summed E-state index contributed by atoms with van der Waals surface area (Å²) in [5, 5.41) is 0. The van der Waals surface area contributed by atoms with Gasteiger partial charge in [0.05, 0.1) is 5.69 Å². The minimum atomic E-state index is 0.146. The number of pyridine rings is 1. The van der Waals surface area contributed by atoms with Crippen molar-refractivity contribution in [1.82, 2.24) is 19.4 Å². The van der Waals surface area contributed by atoms with Crippen molar-refractivity contribution in [3.8, 4) is 0 Å². The van der Waals surface area contributed by atoms with Crippen LogP contribution in [0, 0.1) is 12.8 Å². The Morgan fingerprint density at radius 1 is 1.10 bits per heavy atom. The molecule has 3 aromatic rings. The lowest BCUT2D eigenvalue weighted by molar-refractivity contribution is 0.0844. The van der Waals surface area contributed by atoms with Crippen LogP contribution < -0.4 is 5.56 Å². The number of nitrogens with one attached hydrogen (secondary N) is 1. The number of piperidine rings is 1. The zero-order valence-electron chi connectivity index (χ0n) is 17.8. The van der Waals surface area contributed by atoms with Crippen LogP contribution in [0.4, 0.5) is 0 Å². The van der Waals surface area contributed by atoms with E-state index in [2.05, 4.69) is 64.7 Å². The minimum Gasteiger partial charge on any atom is -0.346 e. The maximum absolute atomic E-state index is 12.9. The second kappa shape index (κ2) is 7.88. The molecule has 3 atom stereocenters. The normalized spacial score (nSPS) is 23.3. The smallest absolute Gasteiger partial charge is 0.251 e. The summed E-state index contributed by atoms with van der Waals surface area (Å²) in [5.41, 5.74) is 5.00. The van der Waals surface area contributed by atoms with Gasteiger partial charge >= 0.3 is 0 Å². The van der Waals surface area contributed by atoms with Crippen LogP contribution in [0.25, 0.3) is 0 Å². The van der Waals surface area contributed by atoms with Crippen molar-refractivity contribution in [3.05, 3.63) is 87.4 Å². The number of aryl methyl sites for hydroxylation is 2. The van der Waals surface area contributed by atoms with E-state index in [1.165, 1.54) is 17.0 Å². The number of fused-ring (bicyclic) bond motifs is 4. The number of aromatic nitrogens is 3. The Labute approximate surface area is 177 Å². The first-order valence-electron chi connectivity index (χ1n) is 11.1. The van der Waals surface area contributed by atoms with E-state index < -0.39 is 0 Å². The molecule has 2 aliphatic heterocycles. The summed E-state index contributed by atoms with van der Waals surface area (Å²) in [5.74, 6) is 1.95. The maximum Gasteiger partial charge on any atom is 0.251 e. The minimum absolute atomic E-state index is 0.146. The SMILES string of the molecule is CCc1nc(CN2C[C@H]3C[C@@H](C2)[C@H](Cc2ccccc2)n2c3cccc2=O)c(C)[nH]1. The lowest BCUT2D eigenvalue weighted by Crippen LogP contribution is -2.49. The Bertz CT molecular complexity index is 1080. The van der Waals surface area contributed by atoms with E-state index in [1.807, 2.05) is 6.07 Å². The van der Waals surface area contributed by atoms with Gasteiger partial charge < -0.3 is 9.55 Å². The van der Waals surface area contributed by atoms with E-state index in [-0.39, 0.29) is 11.6 Å². The zero-order valence-corrected chi connectivity index (χ0v) is 17.8. The van der Waals surface area contributed by atoms with Crippen molar-refractivity contribution in [2.45, 2.75) is 51.6 Å². The van der Waals surface area contributed by atoms with E-state index in [0.717, 1.165) is 50.4 Å². The first kappa shape index (κ1) is 19.3. The first-order valence-corrected chi connectivity index (χ1v) is 11.1. The molecule has 0 unspecified atom stereocenters. The van der Waals surface area contributed by atoms with Crippen LogP contribution in [0.5, 0.6) is 0 Å². The van der Waals surface area contributed by atoms with E-state index in [1.54, 1.807) is 6.07 Å². The summed E-state index contributed by atoms with van der Waals surface area (Å²) >= 11 is 0. The Morgan fingerprint density at radius 3 is 2.70 bits per heavy atom. The molecule has 2 aromatic heterocycles. The van der Waals surface area contributed by atoms with Crippen LogP contribution in [-0.4, -0.2) is 32.5 Å². The summed E-state index contributed by atoms with van der Waals surface area (Å²) in [6, 6.07) is 16.6. The van der Waals surface area contributed by atoms with E-state index in [0.29, 0.717) is 11.8 Å². The van der Waals surface area contributed by atoms with Gasteiger partial charge in [-0.25, -0.2) is 4.98 Å². The summed E-state index contributed by atoms with van der Waals surface area (Å²) < 4.78 is 2.11. The van der Waals surface area contributed by atoms with Crippen LogP contribution in [0.1, 0.15) is 53.8 Å². The monoisotopic (exact) mass is 402 g/mol. The Morgan fingerprint density at radius 2 is 1.93 bits per heavy atom. The fraction of sp³-hybridized carbons (Fsp3) is 0.440. The number of aromatic amines is 1. The highest BCUT2D eigenvalue weighted by molar-refractivity contribution is 5.23. The predicted octanol–water partition coefficient (Wildman–Crippen LogP) is 3.85. The van der Waals surface area contributed by atoms with Crippen molar-refractivity contribution < 1.29 is 0 Å². The number of hydrogen-bond donors (Lipinski definition) is 1. The molecular formula is C25H30N4O. The van der Waals surface area contributed by atoms with Gasteiger partial charge in [-0.2, -0.15) is 0 Å². The third kappa shape index (κ3) is 3.52. The molecule has 0 spiro atoms. The van der Waals surface area contributed by atoms with Crippen molar-refractivity contribution >= 4 is 0 Å². The number of hydrogen-bond acceptors (Lipinski definition) is 3. The molecule has 1 N–H and O–H groups in total. The predicted molar refractivity (Wildman–Crippen MR) is 119 cm³/mol. The summed E-state index contributed by atoms with van der Waals surface area (Å²) in [4.78, 5) is 23.7. The van der Waals surface area contributed by atoms with Crippen molar-refractivity contribution in [3.63, 3.8) is 0 Å². The van der Waals surface area contributed by atoms with Gasteiger partial charge in [0.1, 0.15) is 5.82 Å². The van der Waals surface area contributed by atoms with Gasteiger partial charge in [0.15, 0.2) is 0 Å². The van der Waals surface area contributed by atoms with E-state index >= 15 is 0 Å². The average Bonchev–Trinajstić information content (AvgIpc) is 3.11. The molecule has 5 nitrogen and oxygen atoms in total. The van der Waals surface area contributed by atoms with Crippen LogP contribution in [0.3, 0.4) is 0 Å². The van der Waals surface area contributed by atoms with Crippen molar-refractivity contribution in [2.24, 2.45) is 5.92 Å². The number of benzene rings is 1. The molecule has 0 amide bonds. The highest BCUT2D eigenvalue weighted by Crippen LogP contribution is 2.42. The third-order valence-corrected chi connectivity index (χ3v) is 6.90. The van der Waals surface area contributed by atoms with Crippen molar-refractivity contribution in [1.29, 1.82) is 0 Å². The second-order valence-corrected chi connectivity index (χ2v) is 8.91. The molecule has 0 aliphatic carbocycles. The van der Waals surface area contributed by atoms with Gasteiger partial charge in [-0.15, -0.1) is 0 Å². The van der Waals surface area contributed by atoms with Crippen LogP contribution in [0.15, 0.2) is 53.3 Å². The Balaban J connectivity index is 1.46. The van der Waals surface area contributed by atoms with Gasteiger partial charge in [0, 0.05) is 55.5 Å². The summed E-state index contributed by atoms with van der Waals surface area (Å²) in [6.07, 6.45) is 3.00. The van der Waals surface area contributed by atoms with Gasteiger partial charge in [-0.1, -0.05) is 43.3 Å². The molecule has 2 aliphatic rings. The van der Waals surface area contributed by atoms with E-state index in [9.17, 15) is 4.79 Å². The fourth-order valence-electron chi connectivity index (χ4n) is 5.48. The molecule has 2 bridgehead atoms. The van der Waals surface area contributed by atoms with Crippen LogP contribution >= 0.6 is 0 Å². The van der Waals surface area contributed by atoms with E-state index in [4.69, 9.17) is 4.98 Å². The molecule has 5 rings (SSSR count). The number of H-pyrrole nitrogens is 1. The molecule has 1 fully saturated rings. The summed E-state index contributed by atoms with van der Waals surface area (Å²) in [6.45, 7) is 7.15. The highest BCUT2D eigenvalue weighted by Gasteiger charge is 2.40. The number of likely N-dealkylation sites (tertiary alicyclic amines) is 1. The van der Waals surface area contributed by atoms with Crippen LogP contribution in [0.2, 0.25) is 0 Å². The van der Waals surface area contributed by atoms with Gasteiger partial charge in [0.25, 0.3) is 5.56 Å².